The molecule has 25 heavy (non-hydrogen) atoms. The molecule has 0 radical (unpaired) electrons. The fourth-order valence-electron chi connectivity index (χ4n) is 3.42. The highest BCUT2D eigenvalue weighted by Crippen LogP contribution is 2.35. The van der Waals surface area contributed by atoms with Crippen molar-refractivity contribution in [1.82, 2.24) is 0 Å². The number of nitrogens with zero attached hydrogens (tertiary/aromatic N) is 1. The molecule has 1 atom stereocenters. The Morgan fingerprint density at radius 2 is 2.00 bits per heavy atom. The van der Waals surface area contributed by atoms with Crippen LogP contribution in [0.1, 0.15) is 37.8 Å². The van der Waals surface area contributed by atoms with Gasteiger partial charge < -0.3 is 4.74 Å². The van der Waals surface area contributed by atoms with Gasteiger partial charge in [0.2, 0.25) is 0 Å². The van der Waals surface area contributed by atoms with Gasteiger partial charge >= 0.3 is 6.09 Å². The minimum atomic E-state index is -0.256. The molecule has 3 nitrogen and oxygen atoms in total. The van der Waals surface area contributed by atoms with E-state index in [2.05, 4.69) is 35.8 Å². The molecule has 0 aliphatic carbocycles. The van der Waals surface area contributed by atoms with E-state index in [1.165, 1.54) is 5.56 Å². The topological polar surface area (TPSA) is 29.5 Å². The number of ether oxygens (including phenoxy) is 1. The van der Waals surface area contributed by atoms with Crippen LogP contribution < -0.4 is 4.90 Å². The molecule has 2 aromatic carbocycles. The normalized spacial score (nSPS) is 16.6. The molecule has 0 saturated heterocycles. The number of benzene rings is 2. The standard InChI is InChI=1S/C21H24BrNO2/c1-15(2)12-19-11-9-17-8-10-18(22)13-20(17)23(19)21(24)25-14-16-6-4-3-5-7-16/h3-8,10,13,15,19H,9,11-12,14H2,1-2H3. The highest BCUT2D eigenvalue weighted by atomic mass is 79.9. The second-order valence-corrected chi connectivity index (χ2v) is 7.92. The third-order valence-corrected chi connectivity index (χ3v) is 5.06. The Morgan fingerprint density at radius 3 is 2.72 bits per heavy atom. The van der Waals surface area contributed by atoms with Crippen molar-refractivity contribution in [3.8, 4) is 0 Å². The van der Waals surface area contributed by atoms with Crippen molar-refractivity contribution >= 4 is 27.7 Å². The maximum atomic E-state index is 12.9. The molecule has 0 N–H and O–H groups in total. The van der Waals surface area contributed by atoms with Crippen LogP contribution in [-0.4, -0.2) is 12.1 Å². The molecule has 1 aliphatic heterocycles. The molecule has 1 unspecified atom stereocenters. The lowest BCUT2D eigenvalue weighted by molar-refractivity contribution is 0.142. The van der Waals surface area contributed by atoms with Crippen molar-refractivity contribution in [2.45, 2.75) is 45.8 Å². The van der Waals surface area contributed by atoms with Gasteiger partial charge in [-0.1, -0.05) is 66.2 Å². The van der Waals surface area contributed by atoms with Crippen molar-refractivity contribution in [3.05, 3.63) is 64.1 Å². The second kappa shape index (κ2) is 8.05. The monoisotopic (exact) mass is 401 g/mol. The molecule has 0 saturated carbocycles. The summed E-state index contributed by atoms with van der Waals surface area (Å²) in [6.07, 6.45) is 2.70. The fraction of sp³-hybridized carbons (Fsp3) is 0.381. The van der Waals surface area contributed by atoms with Gasteiger partial charge in [0.1, 0.15) is 6.61 Å². The number of fused-ring (bicyclic) bond motifs is 1. The van der Waals surface area contributed by atoms with E-state index in [1.807, 2.05) is 47.4 Å². The van der Waals surface area contributed by atoms with Crippen molar-refractivity contribution in [2.75, 3.05) is 4.90 Å². The molecule has 132 valence electrons. The van der Waals surface area contributed by atoms with Crippen LogP contribution in [0.2, 0.25) is 0 Å². The van der Waals surface area contributed by atoms with E-state index < -0.39 is 0 Å². The van der Waals surface area contributed by atoms with Gasteiger partial charge in [-0.25, -0.2) is 4.79 Å². The molecule has 2 aromatic rings. The minimum Gasteiger partial charge on any atom is -0.444 e. The number of rotatable bonds is 4. The van der Waals surface area contributed by atoms with E-state index >= 15 is 0 Å². The van der Waals surface area contributed by atoms with Gasteiger partial charge in [0.25, 0.3) is 0 Å². The van der Waals surface area contributed by atoms with Crippen LogP contribution in [0.25, 0.3) is 0 Å². The summed E-state index contributed by atoms with van der Waals surface area (Å²) in [7, 11) is 0. The lowest BCUT2D eigenvalue weighted by Gasteiger charge is -2.37. The quantitative estimate of drug-likeness (QED) is 0.632. The third kappa shape index (κ3) is 4.43. The molecule has 0 fully saturated rings. The van der Waals surface area contributed by atoms with E-state index in [0.717, 1.165) is 35.0 Å². The average Bonchev–Trinajstić information content (AvgIpc) is 2.60. The number of hydrogen-bond acceptors (Lipinski definition) is 2. The van der Waals surface area contributed by atoms with Crippen LogP contribution in [0.4, 0.5) is 10.5 Å². The number of aryl methyl sites for hydroxylation is 1. The first-order valence-corrected chi connectivity index (χ1v) is 9.62. The Hall–Kier alpha value is -1.81. The first-order chi connectivity index (χ1) is 12.0. The Balaban J connectivity index is 1.83. The molecule has 1 aliphatic rings. The molecule has 0 bridgehead atoms. The first kappa shape index (κ1) is 18.0. The zero-order valence-corrected chi connectivity index (χ0v) is 16.3. The van der Waals surface area contributed by atoms with Crippen LogP contribution in [-0.2, 0) is 17.8 Å². The van der Waals surface area contributed by atoms with Crippen LogP contribution in [0.15, 0.2) is 53.0 Å². The number of hydrogen-bond donors (Lipinski definition) is 0. The first-order valence-electron chi connectivity index (χ1n) is 8.83. The fourth-order valence-corrected chi connectivity index (χ4v) is 3.77. The second-order valence-electron chi connectivity index (χ2n) is 7.01. The third-order valence-electron chi connectivity index (χ3n) is 4.56. The van der Waals surface area contributed by atoms with Gasteiger partial charge in [-0.05, 0) is 48.4 Å². The summed E-state index contributed by atoms with van der Waals surface area (Å²) in [5.74, 6) is 0.531. The summed E-state index contributed by atoms with van der Waals surface area (Å²) in [4.78, 5) is 14.8. The number of carbonyl (C=O) groups excluding carboxylic acids is 1. The Labute approximate surface area is 158 Å². The SMILES string of the molecule is CC(C)CC1CCc2ccc(Br)cc2N1C(=O)OCc1ccccc1. The van der Waals surface area contributed by atoms with Gasteiger partial charge in [-0.3, -0.25) is 4.90 Å². The van der Waals surface area contributed by atoms with E-state index in [-0.39, 0.29) is 12.1 Å². The highest BCUT2D eigenvalue weighted by molar-refractivity contribution is 9.10. The Morgan fingerprint density at radius 1 is 1.24 bits per heavy atom. The molecule has 0 aromatic heterocycles. The number of carbonyl (C=O) groups is 1. The van der Waals surface area contributed by atoms with E-state index in [1.54, 1.807) is 0 Å². The summed E-state index contributed by atoms with van der Waals surface area (Å²) < 4.78 is 6.63. The zero-order valence-electron chi connectivity index (χ0n) is 14.7. The molecule has 4 heteroatoms. The maximum absolute atomic E-state index is 12.9. The number of halogens is 1. The molecule has 3 rings (SSSR count). The van der Waals surface area contributed by atoms with Crippen LogP contribution in [0.3, 0.4) is 0 Å². The minimum absolute atomic E-state index is 0.185. The lowest BCUT2D eigenvalue weighted by atomic mass is 9.91. The average molecular weight is 402 g/mol. The summed E-state index contributed by atoms with van der Waals surface area (Å²) in [5, 5.41) is 0. The van der Waals surface area contributed by atoms with Crippen LogP contribution >= 0.6 is 15.9 Å². The molecule has 0 spiro atoms. The Bertz CT molecular complexity index is 730. The van der Waals surface area contributed by atoms with E-state index in [9.17, 15) is 4.79 Å². The van der Waals surface area contributed by atoms with Gasteiger partial charge in [-0.2, -0.15) is 0 Å². The van der Waals surface area contributed by atoms with Gasteiger partial charge in [0.15, 0.2) is 0 Å². The van der Waals surface area contributed by atoms with Crippen molar-refractivity contribution in [1.29, 1.82) is 0 Å². The molecule has 1 amide bonds. The summed E-state index contributed by atoms with van der Waals surface area (Å²) in [6.45, 7) is 4.70. The summed E-state index contributed by atoms with van der Waals surface area (Å²) in [6, 6.07) is 16.2. The van der Waals surface area contributed by atoms with Gasteiger partial charge in [0, 0.05) is 10.5 Å². The van der Waals surface area contributed by atoms with Crippen molar-refractivity contribution < 1.29 is 9.53 Å². The van der Waals surface area contributed by atoms with E-state index in [0.29, 0.717) is 12.5 Å². The highest BCUT2D eigenvalue weighted by Gasteiger charge is 2.32. The maximum Gasteiger partial charge on any atom is 0.414 e. The van der Waals surface area contributed by atoms with Gasteiger partial charge in [0.05, 0.1) is 5.69 Å². The Kier molecular flexibility index (Phi) is 5.79. The zero-order chi connectivity index (χ0) is 17.8. The number of anilines is 1. The van der Waals surface area contributed by atoms with E-state index in [4.69, 9.17) is 4.74 Å². The summed E-state index contributed by atoms with van der Waals surface area (Å²) >= 11 is 3.53. The van der Waals surface area contributed by atoms with Crippen molar-refractivity contribution in [2.24, 2.45) is 5.92 Å². The summed E-state index contributed by atoms with van der Waals surface area (Å²) in [5.41, 5.74) is 3.19. The van der Waals surface area contributed by atoms with Crippen LogP contribution in [0.5, 0.6) is 0 Å². The molecular weight excluding hydrogens is 378 g/mol. The molecular formula is C21H24BrNO2. The predicted molar refractivity (Wildman–Crippen MR) is 105 cm³/mol. The van der Waals surface area contributed by atoms with Gasteiger partial charge in [-0.15, -0.1) is 0 Å². The van der Waals surface area contributed by atoms with Crippen LogP contribution in [0, 0.1) is 5.92 Å². The smallest absolute Gasteiger partial charge is 0.414 e. The van der Waals surface area contributed by atoms with Crippen molar-refractivity contribution in [3.63, 3.8) is 0 Å². The predicted octanol–water partition coefficient (Wildman–Crippen LogP) is 5.95. The molecule has 1 heterocycles. The largest absolute Gasteiger partial charge is 0.444 e. The lowest BCUT2D eigenvalue weighted by Crippen LogP contribution is -2.44. The number of amides is 1.